The highest BCUT2D eigenvalue weighted by Gasteiger charge is 2.36. The molecule has 3 atom stereocenters. The number of carbonyl (C=O) groups excluding carboxylic acids is 1. The van der Waals surface area contributed by atoms with Crippen molar-refractivity contribution in [2.45, 2.75) is 57.9 Å². The van der Waals surface area contributed by atoms with Crippen LogP contribution >= 0.6 is 0 Å². The number of hydrogen-bond donors (Lipinski definition) is 2. The molecule has 4 heteroatoms. The van der Waals surface area contributed by atoms with Gasteiger partial charge >= 0.3 is 0 Å². The fourth-order valence-corrected chi connectivity index (χ4v) is 2.52. The number of aryl methyl sites for hydroxylation is 1. The predicted octanol–water partition coefficient (Wildman–Crippen LogP) is 2.61. The third-order valence-electron chi connectivity index (χ3n) is 4.09. The van der Waals surface area contributed by atoms with Gasteiger partial charge in [0.15, 0.2) is 0 Å². The summed E-state index contributed by atoms with van der Waals surface area (Å²) in [7, 11) is 0. The van der Waals surface area contributed by atoms with Crippen molar-refractivity contribution < 1.29 is 14.3 Å². The van der Waals surface area contributed by atoms with Gasteiger partial charge in [0.1, 0.15) is 11.5 Å². The van der Waals surface area contributed by atoms with E-state index in [1.54, 1.807) is 0 Å². The van der Waals surface area contributed by atoms with Crippen LogP contribution < -0.4 is 5.32 Å². The molecule has 112 valence electrons. The molecular weight excluding hydrogens is 254 g/mol. The number of hydrogen-bond acceptors (Lipinski definition) is 3. The van der Waals surface area contributed by atoms with Crippen molar-refractivity contribution in [3.05, 3.63) is 23.7 Å². The third kappa shape index (κ3) is 4.10. The summed E-state index contributed by atoms with van der Waals surface area (Å²) in [5.41, 5.74) is 0. The van der Waals surface area contributed by atoms with Crippen molar-refractivity contribution in [1.29, 1.82) is 0 Å². The Balaban J connectivity index is 1.74. The number of amides is 1. The molecule has 2 N–H and O–H groups in total. The molecule has 1 fully saturated rings. The van der Waals surface area contributed by atoms with Crippen LogP contribution in [0, 0.1) is 5.92 Å². The molecule has 1 amide bonds. The minimum Gasteiger partial charge on any atom is -0.466 e. The smallest absolute Gasteiger partial charge is 0.220 e. The fourth-order valence-electron chi connectivity index (χ4n) is 2.52. The van der Waals surface area contributed by atoms with Gasteiger partial charge in [-0.2, -0.15) is 0 Å². The Morgan fingerprint density at radius 2 is 2.30 bits per heavy atom. The van der Waals surface area contributed by atoms with Crippen molar-refractivity contribution in [2.75, 3.05) is 6.61 Å². The summed E-state index contributed by atoms with van der Waals surface area (Å²) in [4.78, 5) is 11.8. The zero-order valence-electron chi connectivity index (χ0n) is 12.4. The Kier molecular flexibility index (Phi) is 5.24. The van der Waals surface area contributed by atoms with E-state index in [-0.39, 0.29) is 18.6 Å². The van der Waals surface area contributed by atoms with E-state index < -0.39 is 0 Å². The van der Waals surface area contributed by atoms with Gasteiger partial charge in [0, 0.05) is 31.4 Å². The Morgan fingerprint density at radius 1 is 1.55 bits per heavy atom. The minimum atomic E-state index is 0.0306. The lowest BCUT2D eigenvalue weighted by Gasteiger charge is -2.15. The van der Waals surface area contributed by atoms with E-state index in [4.69, 9.17) is 9.52 Å². The molecule has 1 aliphatic rings. The van der Waals surface area contributed by atoms with Crippen LogP contribution in [0.4, 0.5) is 0 Å². The van der Waals surface area contributed by atoms with Crippen LogP contribution in [0.25, 0.3) is 0 Å². The van der Waals surface area contributed by atoms with E-state index in [0.29, 0.717) is 25.2 Å². The van der Waals surface area contributed by atoms with Crippen molar-refractivity contribution in [3.8, 4) is 0 Å². The van der Waals surface area contributed by atoms with Crippen LogP contribution in [0.1, 0.15) is 57.0 Å². The number of carbonyl (C=O) groups is 1. The maximum atomic E-state index is 11.8. The molecule has 0 aliphatic heterocycles. The lowest BCUT2D eigenvalue weighted by Crippen LogP contribution is -2.35. The van der Waals surface area contributed by atoms with E-state index in [1.165, 1.54) is 6.42 Å². The predicted molar refractivity (Wildman–Crippen MR) is 77.5 cm³/mol. The first-order valence-electron chi connectivity index (χ1n) is 7.62. The average molecular weight is 279 g/mol. The van der Waals surface area contributed by atoms with Gasteiger partial charge in [-0.05, 0) is 37.3 Å². The fraction of sp³-hybridized carbons (Fsp3) is 0.688. The zero-order valence-corrected chi connectivity index (χ0v) is 12.4. The Labute approximate surface area is 120 Å². The molecule has 0 aromatic carbocycles. The van der Waals surface area contributed by atoms with Gasteiger partial charge in [0.25, 0.3) is 0 Å². The SMILES string of the molecule is CCC(CCO)NC(=O)CCc1ccc(C2CC2C)o1. The van der Waals surface area contributed by atoms with Gasteiger partial charge < -0.3 is 14.8 Å². The summed E-state index contributed by atoms with van der Waals surface area (Å²) in [5, 5.41) is 11.9. The molecule has 0 saturated heterocycles. The molecular formula is C16H25NO3. The van der Waals surface area contributed by atoms with Crippen molar-refractivity contribution in [3.63, 3.8) is 0 Å². The Bertz CT molecular complexity index is 441. The summed E-state index contributed by atoms with van der Waals surface area (Å²) in [6.07, 6.45) is 3.76. The summed E-state index contributed by atoms with van der Waals surface area (Å²) < 4.78 is 5.79. The van der Waals surface area contributed by atoms with Crippen LogP contribution in [-0.2, 0) is 11.2 Å². The van der Waals surface area contributed by atoms with Gasteiger partial charge in [0.2, 0.25) is 5.91 Å². The zero-order chi connectivity index (χ0) is 14.5. The average Bonchev–Trinajstić information content (AvgIpc) is 2.99. The molecule has 1 aromatic heterocycles. The van der Waals surface area contributed by atoms with Crippen LogP contribution in [-0.4, -0.2) is 23.7 Å². The number of furan rings is 1. The number of aliphatic hydroxyl groups is 1. The second-order valence-corrected chi connectivity index (χ2v) is 5.81. The molecule has 3 unspecified atom stereocenters. The largest absolute Gasteiger partial charge is 0.466 e. The van der Waals surface area contributed by atoms with E-state index >= 15 is 0 Å². The number of aliphatic hydroxyl groups excluding tert-OH is 1. The molecule has 2 rings (SSSR count). The standard InChI is InChI=1S/C16H25NO3/c1-3-12(8-9-18)17-16(19)7-5-13-4-6-15(20-13)14-10-11(14)2/h4,6,11-12,14,18H,3,5,7-10H2,1-2H3,(H,17,19). The second-order valence-electron chi connectivity index (χ2n) is 5.81. The van der Waals surface area contributed by atoms with E-state index in [9.17, 15) is 4.79 Å². The number of nitrogens with one attached hydrogen (secondary N) is 1. The van der Waals surface area contributed by atoms with E-state index in [2.05, 4.69) is 12.2 Å². The first kappa shape index (κ1) is 15.1. The van der Waals surface area contributed by atoms with Gasteiger partial charge in [-0.15, -0.1) is 0 Å². The molecule has 0 bridgehead atoms. The molecule has 4 nitrogen and oxygen atoms in total. The minimum absolute atomic E-state index is 0.0306. The second kappa shape index (κ2) is 6.93. The quantitative estimate of drug-likeness (QED) is 0.769. The van der Waals surface area contributed by atoms with Gasteiger partial charge in [0.05, 0.1) is 0 Å². The first-order chi connectivity index (χ1) is 9.63. The van der Waals surface area contributed by atoms with Gasteiger partial charge in [-0.1, -0.05) is 13.8 Å². The molecule has 0 radical (unpaired) electrons. The lowest BCUT2D eigenvalue weighted by molar-refractivity contribution is -0.121. The van der Waals surface area contributed by atoms with Crippen LogP contribution in [0.2, 0.25) is 0 Å². The molecule has 1 aromatic rings. The van der Waals surface area contributed by atoms with Crippen molar-refractivity contribution in [1.82, 2.24) is 5.32 Å². The van der Waals surface area contributed by atoms with E-state index in [1.807, 2.05) is 19.1 Å². The van der Waals surface area contributed by atoms with E-state index in [0.717, 1.165) is 23.9 Å². The highest BCUT2D eigenvalue weighted by molar-refractivity contribution is 5.76. The van der Waals surface area contributed by atoms with Gasteiger partial charge in [-0.3, -0.25) is 4.79 Å². The highest BCUT2D eigenvalue weighted by Crippen LogP contribution is 2.47. The summed E-state index contributed by atoms with van der Waals surface area (Å²) in [6.45, 7) is 4.35. The molecule has 0 spiro atoms. The van der Waals surface area contributed by atoms with Crippen LogP contribution in [0.15, 0.2) is 16.5 Å². The molecule has 1 saturated carbocycles. The Morgan fingerprint density at radius 3 is 2.90 bits per heavy atom. The summed E-state index contributed by atoms with van der Waals surface area (Å²) in [6, 6.07) is 4.10. The summed E-state index contributed by atoms with van der Waals surface area (Å²) >= 11 is 0. The van der Waals surface area contributed by atoms with Gasteiger partial charge in [-0.25, -0.2) is 0 Å². The number of rotatable bonds is 8. The maximum absolute atomic E-state index is 11.8. The summed E-state index contributed by atoms with van der Waals surface area (Å²) in [5.74, 6) is 3.32. The molecule has 1 aliphatic carbocycles. The lowest BCUT2D eigenvalue weighted by atomic mass is 10.1. The molecule has 1 heterocycles. The van der Waals surface area contributed by atoms with Crippen molar-refractivity contribution in [2.24, 2.45) is 5.92 Å². The topological polar surface area (TPSA) is 62.5 Å². The first-order valence-corrected chi connectivity index (χ1v) is 7.62. The Hall–Kier alpha value is -1.29. The highest BCUT2D eigenvalue weighted by atomic mass is 16.3. The van der Waals surface area contributed by atoms with Crippen LogP contribution in [0.3, 0.4) is 0 Å². The third-order valence-corrected chi connectivity index (χ3v) is 4.09. The normalized spacial score (nSPS) is 22.6. The van der Waals surface area contributed by atoms with Crippen LogP contribution in [0.5, 0.6) is 0 Å². The van der Waals surface area contributed by atoms with Crippen molar-refractivity contribution >= 4 is 5.91 Å². The monoisotopic (exact) mass is 279 g/mol. The maximum Gasteiger partial charge on any atom is 0.220 e. The molecule has 20 heavy (non-hydrogen) atoms.